The fourth-order valence-corrected chi connectivity index (χ4v) is 2.90. The first-order valence-electron chi connectivity index (χ1n) is 6.91. The number of anilines is 1. The monoisotopic (exact) mass is 290 g/mol. The van der Waals surface area contributed by atoms with Crippen molar-refractivity contribution in [3.63, 3.8) is 0 Å². The van der Waals surface area contributed by atoms with Crippen LogP contribution in [0.5, 0.6) is 0 Å². The van der Waals surface area contributed by atoms with Crippen molar-refractivity contribution in [2.45, 2.75) is 33.4 Å². The van der Waals surface area contributed by atoms with E-state index in [2.05, 4.69) is 60.1 Å². The van der Waals surface area contributed by atoms with Crippen LogP contribution in [0.2, 0.25) is 0 Å². The molecule has 2 heterocycles. The summed E-state index contributed by atoms with van der Waals surface area (Å²) in [5.74, 6) is 0. The van der Waals surface area contributed by atoms with Crippen molar-refractivity contribution < 1.29 is 0 Å². The molecule has 0 saturated carbocycles. The third-order valence-corrected chi connectivity index (χ3v) is 4.31. The second-order valence-electron chi connectivity index (χ2n) is 4.94. The van der Waals surface area contributed by atoms with E-state index in [1.165, 1.54) is 4.88 Å². The molecule has 0 saturated heterocycles. The third-order valence-electron chi connectivity index (χ3n) is 3.39. The molecule has 0 bridgehead atoms. The van der Waals surface area contributed by atoms with Crippen molar-refractivity contribution in [2.75, 3.05) is 18.5 Å². The van der Waals surface area contributed by atoms with Crippen molar-refractivity contribution in [3.8, 4) is 0 Å². The summed E-state index contributed by atoms with van der Waals surface area (Å²) in [5, 5.41) is 3.37. The first-order valence-corrected chi connectivity index (χ1v) is 7.79. The Kier molecular flexibility index (Phi) is 5.09. The van der Waals surface area contributed by atoms with Crippen molar-refractivity contribution in [2.24, 2.45) is 0 Å². The first kappa shape index (κ1) is 14.9. The Morgan fingerprint density at radius 2 is 2.15 bits per heavy atom. The summed E-state index contributed by atoms with van der Waals surface area (Å²) in [6.07, 6.45) is 1.94. The van der Waals surface area contributed by atoms with Gasteiger partial charge in [0.05, 0.1) is 35.3 Å². The number of pyridine rings is 1. The Hall–Kier alpha value is -1.46. The van der Waals surface area contributed by atoms with Crippen LogP contribution in [0.25, 0.3) is 0 Å². The van der Waals surface area contributed by atoms with Crippen LogP contribution in [-0.2, 0) is 6.54 Å². The summed E-state index contributed by atoms with van der Waals surface area (Å²) in [7, 11) is 2.09. The molecule has 1 N–H and O–H groups in total. The molecule has 0 aromatic carbocycles. The van der Waals surface area contributed by atoms with Gasteiger partial charge in [0, 0.05) is 18.0 Å². The molecule has 2 aromatic rings. The molecule has 0 aliphatic rings. The highest BCUT2D eigenvalue weighted by atomic mass is 32.1. The van der Waals surface area contributed by atoms with Gasteiger partial charge in [-0.2, -0.15) is 0 Å². The average Bonchev–Trinajstić information content (AvgIpc) is 2.85. The second-order valence-corrected chi connectivity index (χ2v) is 5.88. The number of hydrogen-bond acceptors (Lipinski definition) is 5. The maximum atomic E-state index is 4.55. The molecule has 0 radical (unpaired) electrons. The predicted octanol–water partition coefficient (Wildman–Crippen LogP) is 3.15. The maximum absolute atomic E-state index is 4.55. The zero-order valence-electron chi connectivity index (χ0n) is 12.6. The van der Waals surface area contributed by atoms with Crippen molar-refractivity contribution >= 4 is 17.0 Å². The molecule has 1 unspecified atom stereocenters. The van der Waals surface area contributed by atoms with Crippen molar-refractivity contribution in [3.05, 3.63) is 40.1 Å². The highest BCUT2D eigenvalue weighted by molar-refractivity contribution is 7.09. The van der Waals surface area contributed by atoms with Gasteiger partial charge in [0.25, 0.3) is 0 Å². The molecule has 2 rings (SSSR count). The number of nitrogens with one attached hydrogen (secondary N) is 1. The molecule has 108 valence electrons. The van der Waals surface area contributed by atoms with E-state index in [1.807, 2.05) is 11.7 Å². The number of nitrogens with zero attached hydrogens (tertiary/aromatic N) is 3. The van der Waals surface area contributed by atoms with Crippen LogP contribution in [0.1, 0.15) is 36.2 Å². The summed E-state index contributed by atoms with van der Waals surface area (Å²) in [4.78, 5) is 12.3. The molecule has 0 aliphatic carbocycles. The lowest BCUT2D eigenvalue weighted by Gasteiger charge is -2.19. The number of aryl methyl sites for hydroxylation is 1. The maximum Gasteiger partial charge on any atom is 0.0798 e. The van der Waals surface area contributed by atoms with Crippen LogP contribution in [-0.4, -0.2) is 23.6 Å². The quantitative estimate of drug-likeness (QED) is 0.887. The molecule has 20 heavy (non-hydrogen) atoms. The van der Waals surface area contributed by atoms with Crippen LogP contribution in [0.15, 0.2) is 23.8 Å². The van der Waals surface area contributed by atoms with Gasteiger partial charge in [-0.1, -0.05) is 6.92 Å². The minimum absolute atomic E-state index is 0.295. The van der Waals surface area contributed by atoms with Crippen LogP contribution in [0, 0.1) is 6.92 Å². The van der Waals surface area contributed by atoms with E-state index < -0.39 is 0 Å². The zero-order valence-corrected chi connectivity index (χ0v) is 13.4. The van der Waals surface area contributed by atoms with E-state index in [9.17, 15) is 0 Å². The lowest BCUT2D eigenvalue weighted by molar-refractivity contribution is 0.583. The van der Waals surface area contributed by atoms with Crippen LogP contribution in [0.3, 0.4) is 0 Å². The van der Waals surface area contributed by atoms with Gasteiger partial charge in [-0.05, 0) is 32.5 Å². The summed E-state index contributed by atoms with van der Waals surface area (Å²) in [6, 6.07) is 4.52. The van der Waals surface area contributed by atoms with Crippen LogP contribution in [0.4, 0.5) is 5.69 Å². The summed E-state index contributed by atoms with van der Waals surface area (Å²) < 4.78 is 0. The molecular formula is C15H22N4S. The molecule has 0 aliphatic heterocycles. The molecule has 0 fully saturated rings. The van der Waals surface area contributed by atoms with Gasteiger partial charge in [0.15, 0.2) is 0 Å². The van der Waals surface area contributed by atoms with E-state index in [4.69, 9.17) is 0 Å². The van der Waals surface area contributed by atoms with Gasteiger partial charge < -0.3 is 10.2 Å². The second kappa shape index (κ2) is 6.81. The fraction of sp³-hybridized carbons (Fsp3) is 0.467. The Morgan fingerprint density at radius 3 is 2.70 bits per heavy atom. The first-order chi connectivity index (χ1) is 9.61. The Balaban J connectivity index is 2.04. The Labute approximate surface area is 124 Å². The lowest BCUT2D eigenvalue weighted by atomic mass is 10.2. The van der Waals surface area contributed by atoms with Crippen LogP contribution < -0.4 is 10.2 Å². The molecule has 2 aromatic heterocycles. The smallest absolute Gasteiger partial charge is 0.0798 e. The van der Waals surface area contributed by atoms with E-state index in [0.29, 0.717) is 6.04 Å². The number of rotatable bonds is 6. The number of hydrogen-bond donors (Lipinski definition) is 1. The van der Waals surface area contributed by atoms with Gasteiger partial charge >= 0.3 is 0 Å². The molecular weight excluding hydrogens is 268 g/mol. The Morgan fingerprint density at radius 1 is 1.35 bits per heavy atom. The molecule has 4 nitrogen and oxygen atoms in total. The van der Waals surface area contributed by atoms with Crippen molar-refractivity contribution in [1.29, 1.82) is 0 Å². The summed E-state index contributed by atoms with van der Waals surface area (Å²) in [6.45, 7) is 8.13. The van der Waals surface area contributed by atoms with Crippen molar-refractivity contribution in [1.82, 2.24) is 15.3 Å². The van der Waals surface area contributed by atoms with E-state index in [1.54, 1.807) is 11.3 Å². The van der Waals surface area contributed by atoms with Gasteiger partial charge in [0.2, 0.25) is 0 Å². The van der Waals surface area contributed by atoms with Gasteiger partial charge in [-0.3, -0.25) is 4.98 Å². The van der Waals surface area contributed by atoms with E-state index >= 15 is 0 Å². The SMILES string of the molecule is CCNC(C)c1ccc(N(C)Cc2scnc2C)cn1. The largest absolute Gasteiger partial charge is 0.368 e. The molecule has 0 spiro atoms. The number of aromatic nitrogens is 2. The fourth-order valence-electron chi connectivity index (χ4n) is 2.07. The highest BCUT2D eigenvalue weighted by Gasteiger charge is 2.09. The highest BCUT2D eigenvalue weighted by Crippen LogP contribution is 2.20. The standard InChI is InChI=1S/C15H22N4S/c1-5-16-11(2)14-7-6-13(8-17-14)19(4)9-15-12(3)18-10-20-15/h6-8,10-11,16H,5,9H2,1-4H3. The average molecular weight is 290 g/mol. The van der Waals surface area contributed by atoms with E-state index in [0.717, 1.165) is 30.2 Å². The molecule has 1 atom stereocenters. The molecule has 5 heteroatoms. The van der Waals surface area contributed by atoms with Gasteiger partial charge in [-0.15, -0.1) is 11.3 Å². The lowest BCUT2D eigenvalue weighted by Crippen LogP contribution is -2.20. The topological polar surface area (TPSA) is 41.0 Å². The number of thiazole rings is 1. The third kappa shape index (κ3) is 3.55. The summed E-state index contributed by atoms with van der Waals surface area (Å²) >= 11 is 1.70. The van der Waals surface area contributed by atoms with Gasteiger partial charge in [-0.25, -0.2) is 4.98 Å². The minimum atomic E-state index is 0.295. The predicted molar refractivity (Wildman–Crippen MR) is 85.3 cm³/mol. The summed E-state index contributed by atoms with van der Waals surface area (Å²) in [5.41, 5.74) is 5.23. The Bertz CT molecular complexity index is 535. The molecule has 0 amide bonds. The zero-order chi connectivity index (χ0) is 14.5. The van der Waals surface area contributed by atoms with E-state index in [-0.39, 0.29) is 0 Å². The van der Waals surface area contributed by atoms with Gasteiger partial charge in [0.1, 0.15) is 0 Å². The normalized spacial score (nSPS) is 12.4. The minimum Gasteiger partial charge on any atom is -0.368 e. The van der Waals surface area contributed by atoms with Crippen LogP contribution >= 0.6 is 11.3 Å².